The third-order valence-electron chi connectivity index (χ3n) is 2.71. The molecule has 1 aliphatic rings. The van der Waals surface area contributed by atoms with Gasteiger partial charge in [-0.15, -0.1) is 0 Å². The zero-order valence-electron chi connectivity index (χ0n) is 8.28. The Morgan fingerprint density at radius 1 is 1.44 bits per heavy atom. The highest BCUT2D eigenvalue weighted by Gasteiger charge is 2.31. The van der Waals surface area contributed by atoms with E-state index in [1.165, 1.54) is 6.07 Å². The number of fused-ring (bicyclic) bond motifs is 1. The van der Waals surface area contributed by atoms with Crippen LogP contribution in [0.2, 0.25) is 0 Å². The van der Waals surface area contributed by atoms with Crippen LogP contribution in [0.3, 0.4) is 0 Å². The molecular formula is C10H9F2N3O. The van der Waals surface area contributed by atoms with E-state index < -0.39 is 6.43 Å². The van der Waals surface area contributed by atoms with Gasteiger partial charge in [-0.05, 0) is 18.9 Å². The van der Waals surface area contributed by atoms with Crippen molar-refractivity contribution in [3.63, 3.8) is 0 Å². The van der Waals surface area contributed by atoms with Gasteiger partial charge in [0.2, 0.25) is 0 Å². The van der Waals surface area contributed by atoms with Crippen LogP contribution in [0.1, 0.15) is 36.6 Å². The van der Waals surface area contributed by atoms with Crippen LogP contribution in [-0.4, -0.2) is 10.1 Å². The predicted octanol–water partition coefficient (Wildman–Crippen LogP) is 2.62. The number of hydrogen-bond acceptors (Lipinski definition) is 4. The minimum Gasteiger partial charge on any atom is -0.398 e. The molecule has 2 aromatic rings. The molecule has 2 N–H and O–H groups in total. The van der Waals surface area contributed by atoms with Crippen molar-refractivity contribution >= 4 is 16.8 Å². The summed E-state index contributed by atoms with van der Waals surface area (Å²) in [7, 11) is 0. The van der Waals surface area contributed by atoms with Crippen LogP contribution in [0.15, 0.2) is 10.6 Å². The van der Waals surface area contributed by atoms with Gasteiger partial charge in [-0.25, -0.2) is 13.8 Å². The van der Waals surface area contributed by atoms with Gasteiger partial charge >= 0.3 is 0 Å². The summed E-state index contributed by atoms with van der Waals surface area (Å²) in [6, 6.07) is 1.19. The Morgan fingerprint density at radius 2 is 2.19 bits per heavy atom. The van der Waals surface area contributed by atoms with Crippen LogP contribution in [0, 0.1) is 0 Å². The highest BCUT2D eigenvalue weighted by Crippen LogP contribution is 2.43. The van der Waals surface area contributed by atoms with E-state index in [-0.39, 0.29) is 17.1 Å². The lowest BCUT2D eigenvalue weighted by molar-refractivity contribution is 0.146. The summed E-state index contributed by atoms with van der Waals surface area (Å²) >= 11 is 0. The second kappa shape index (κ2) is 3.13. The number of nitrogens with zero attached hydrogens (tertiary/aromatic N) is 2. The Bertz CT molecular complexity index is 548. The zero-order valence-corrected chi connectivity index (χ0v) is 8.28. The topological polar surface area (TPSA) is 64.9 Å². The molecule has 0 saturated heterocycles. The van der Waals surface area contributed by atoms with Gasteiger partial charge in [-0.3, -0.25) is 0 Å². The molecule has 0 atom stereocenters. The average Bonchev–Trinajstić information content (AvgIpc) is 2.98. The van der Waals surface area contributed by atoms with Crippen molar-refractivity contribution < 1.29 is 13.3 Å². The molecule has 0 bridgehead atoms. The molecule has 1 aliphatic carbocycles. The first-order valence-electron chi connectivity index (χ1n) is 5.00. The minimum absolute atomic E-state index is 0.109. The largest absolute Gasteiger partial charge is 0.398 e. The molecule has 16 heavy (non-hydrogen) atoms. The van der Waals surface area contributed by atoms with Gasteiger partial charge in [0.25, 0.3) is 12.1 Å². The zero-order chi connectivity index (χ0) is 11.3. The number of aromatic nitrogens is 2. The molecule has 1 saturated carbocycles. The summed E-state index contributed by atoms with van der Waals surface area (Å²) in [6.45, 7) is 0. The maximum Gasteiger partial charge on any atom is 0.280 e. The summed E-state index contributed by atoms with van der Waals surface area (Å²) in [5.74, 6) is 0.350. The first-order chi connectivity index (χ1) is 7.66. The van der Waals surface area contributed by atoms with E-state index in [1.54, 1.807) is 0 Å². The van der Waals surface area contributed by atoms with Crippen molar-refractivity contribution in [3.8, 4) is 0 Å². The van der Waals surface area contributed by atoms with E-state index in [4.69, 9.17) is 10.3 Å². The molecule has 0 aromatic carbocycles. The summed E-state index contributed by atoms with van der Waals surface area (Å²) in [4.78, 5) is 3.71. The standard InChI is InChI=1S/C10H9F2N3O/c11-9(12)6-3-5(13)7-8(4-1-2-4)15-16-10(7)14-6/h3-4,9H,1-2H2,(H2,13,14). The smallest absolute Gasteiger partial charge is 0.280 e. The molecule has 0 unspecified atom stereocenters. The maximum atomic E-state index is 12.5. The van der Waals surface area contributed by atoms with Gasteiger partial charge in [-0.1, -0.05) is 5.16 Å². The SMILES string of the molecule is Nc1cc(C(F)F)nc2onc(C3CC3)c12. The number of rotatable bonds is 2. The van der Waals surface area contributed by atoms with Gasteiger partial charge in [0.15, 0.2) is 0 Å². The maximum absolute atomic E-state index is 12.5. The van der Waals surface area contributed by atoms with Crippen LogP contribution in [0.5, 0.6) is 0 Å². The molecule has 0 amide bonds. The Labute approximate surface area is 89.4 Å². The Morgan fingerprint density at radius 3 is 2.81 bits per heavy atom. The first-order valence-corrected chi connectivity index (χ1v) is 5.00. The summed E-state index contributed by atoms with van der Waals surface area (Å²) in [5, 5.41) is 4.45. The number of pyridine rings is 1. The van der Waals surface area contributed by atoms with Gasteiger partial charge in [0.1, 0.15) is 5.69 Å². The second-order valence-electron chi connectivity index (χ2n) is 3.96. The Balaban J connectivity index is 2.22. The molecular weight excluding hydrogens is 216 g/mol. The lowest BCUT2D eigenvalue weighted by atomic mass is 10.1. The molecule has 1 fully saturated rings. The highest BCUT2D eigenvalue weighted by atomic mass is 19.3. The van der Waals surface area contributed by atoms with Crippen LogP contribution in [0.25, 0.3) is 11.1 Å². The first kappa shape index (κ1) is 9.50. The number of nitrogens with two attached hydrogens (primary N) is 1. The monoisotopic (exact) mass is 225 g/mol. The molecule has 84 valence electrons. The van der Waals surface area contributed by atoms with Gasteiger partial charge in [0.05, 0.1) is 11.1 Å². The Hall–Kier alpha value is -1.72. The summed E-state index contributed by atoms with van der Waals surface area (Å²) < 4.78 is 29.9. The molecule has 2 heterocycles. The molecule has 6 heteroatoms. The van der Waals surface area contributed by atoms with Crippen molar-refractivity contribution in [2.45, 2.75) is 25.2 Å². The number of halogens is 2. The van der Waals surface area contributed by atoms with E-state index >= 15 is 0 Å². The summed E-state index contributed by atoms with van der Waals surface area (Å²) in [6.07, 6.45) is -0.573. The predicted molar refractivity (Wildman–Crippen MR) is 53.1 cm³/mol. The fourth-order valence-electron chi connectivity index (χ4n) is 1.77. The van der Waals surface area contributed by atoms with E-state index in [9.17, 15) is 8.78 Å². The number of hydrogen-bond donors (Lipinski definition) is 1. The summed E-state index contributed by atoms with van der Waals surface area (Å²) in [5.41, 5.74) is 6.49. The van der Waals surface area contributed by atoms with Crippen LogP contribution in [0.4, 0.5) is 14.5 Å². The minimum atomic E-state index is -2.65. The molecule has 0 radical (unpaired) electrons. The molecule has 0 spiro atoms. The fraction of sp³-hybridized carbons (Fsp3) is 0.400. The number of nitrogen functional groups attached to an aromatic ring is 1. The normalized spacial score (nSPS) is 16.2. The lowest BCUT2D eigenvalue weighted by Gasteiger charge is -2.01. The Kier molecular flexibility index (Phi) is 1.86. The van der Waals surface area contributed by atoms with Crippen molar-refractivity contribution in [1.82, 2.24) is 10.1 Å². The van der Waals surface area contributed by atoms with E-state index in [1.807, 2.05) is 0 Å². The van der Waals surface area contributed by atoms with E-state index in [2.05, 4.69) is 10.1 Å². The molecule has 2 aromatic heterocycles. The number of anilines is 1. The van der Waals surface area contributed by atoms with Gasteiger partial charge in [0, 0.05) is 11.6 Å². The average molecular weight is 225 g/mol. The van der Waals surface area contributed by atoms with Crippen LogP contribution in [-0.2, 0) is 0 Å². The molecule has 4 nitrogen and oxygen atoms in total. The van der Waals surface area contributed by atoms with Crippen LogP contribution >= 0.6 is 0 Å². The van der Waals surface area contributed by atoms with Crippen molar-refractivity contribution in [2.24, 2.45) is 0 Å². The van der Waals surface area contributed by atoms with Crippen molar-refractivity contribution in [2.75, 3.05) is 5.73 Å². The third kappa shape index (κ3) is 1.33. The van der Waals surface area contributed by atoms with E-state index in [0.717, 1.165) is 18.5 Å². The lowest BCUT2D eigenvalue weighted by Crippen LogP contribution is -1.95. The fourth-order valence-corrected chi connectivity index (χ4v) is 1.77. The third-order valence-corrected chi connectivity index (χ3v) is 2.71. The van der Waals surface area contributed by atoms with Crippen molar-refractivity contribution in [1.29, 1.82) is 0 Å². The number of alkyl halides is 2. The second-order valence-corrected chi connectivity index (χ2v) is 3.96. The molecule has 0 aliphatic heterocycles. The van der Waals surface area contributed by atoms with Crippen molar-refractivity contribution in [3.05, 3.63) is 17.5 Å². The van der Waals surface area contributed by atoms with E-state index in [0.29, 0.717) is 11.3 Å². The highest BCUT2D eigenvalue weighted by molar-refractivity contribution is 5.89. The van der Waals surface area contributed by atoms with Gasteiger partial charge < -0.3 is 10.3 Å². The molecule has 3 rings (SSSR count). The quantitative estimate of drug-likeness (QED) is 0.853. The van der Waals surface area contributed by atoms with Crippen LogP contribution < -0.4 is 5.73 Å². The van der Waals surface area contributed by atoms with Gasteiger partial charge in [-0.2, -0.15) is 0 Å².